The van der Waals surface area contributed by atoms with E-state index in [0.29, 0.717) is 0 Å². The van der Waals surface area contributed by atoms with Crippen LogP contribution < -0.4 is 19.6 Å². The van der Waals surface area contributed by atoms with Crippen LogP contribution in [0, 0.1) is 0 Å². The monoisotopic (exact) mass is 1250 g/mol. The van der Waals surface area contributed by atoms with Crippen LogP contribution in [0.5, 0.6) is 0 Å². The van der Waals surface area contributed by atoms with Crippen molar-refractivity contribution in [1.29, 1.82) is 0 Å². The highest BCUT2D eigenvalue weighted by Crippen LogP contribution is 2.45. The standard InChI is InChI=1S/C94H68N4/c1-7-22-76(23-8-1)95(77-24-9-2-10-25-77)82-52-39-69(40-53-82)35-37-71-43-56-84(57-44-71)97(80-30-15-5-16-31-80)86-60-47-74(48-61-86)89-65-66-90(94-92(89)68-67-91-88-34-20-19-21-73(88)51-64-93(91)94)75-49-62-87(63-50-75)98(81-32-17-6-18-33-81)85-58-45-72(46-59-85)38-36-70-41-54-83(55-42-70)96(78-26-11-3-12-27-78)79-28-13-4-14-29-79/h1-68H. The molecule has 0 saturated heterocycles. The van der Waals surface area contributed by atoms with Crippen LogP contribution in [-0.4, -0.2) is 0 Å². The molecule has 0 bridgehead atoms. The molecule has 0 spiro atoms. The van der Waals surface area contributed by atoms with Gasteiger partial charge in [-0.05, 0) is 222 Å². The zero-order valence-electron chi connectivity index (χ0n) is 54.0. The minimum Gasteiger partial charge on any atom is -0.311 e. The molecule has 0 aliphatic heterocycles. The lowest BCUT2D eigenvalue weighted by Gasteiger charge is -2.26. The van der Waals surface area contributed by atoms with E-state index in [1.54, 1.807) is 0 Å². The van der Waals surface area contributed by atoms with Gasteiger partial charge in [-0.25, -0.2) is 0 Å². The topological polar surface area (TPSA) is 13.0 Å². The van der Waals surface area contributed by atoms with Gasteiger partial charge in [-0.15, -0.1) is 0 Å². The Labute approximate surface area is 573 Å². The van der Waals surface area contributed by atoms with Crippen LogP contribution in [0.1, 0.15) is 22.3 Å². The molecule has 0 aliphatic rings. The summed E-state index contributed by atoms with van der Waals surface area (Å²) >= 11 is 0. The molecule has 4 nitrogen and oxygen atoms in total. The molecule has 0 N–H and O–H groups in total. The van der Waals surface area contributed by atoms with E-state index in [1.807, 2.05) is 0 Å². The Morgan fingerprint density at radius 2 is 0.398 bits per heavy atom. The second kappa shape index (κ2) is 27.5. The number of benzene rings is 16. The van der Waals surface area contributed by atoms with E-state index in [1.165, 1.54) is 43.4 Å². The third-order valence-corrected chi connectivity index (χ3v) is 18.4. The number of nitrogens with zero attached hydrogens (tertiary/aromatic N) is 4. The van der Waals surface area contributed by atoms with Crippen molar-refractivity contribution in [3.05, 3.63) is 411 Å². The van der Waals surface area contributed by atoms with Gasteiger partial charge in [-0.2, -0.15) is 0 Å². The molecule has 16 aromatic carbocycles. The first-order chi connectivity index (χ1) is 48.6. The molecule has 0 fully saturated rings. The van der Waals surface area contributed by atoms with Crippen LogP contribution >= 0.6 is 0 Å². The Balaban J connectivity index is 0.676. The van der Waals surface area contributed by atoms with Gasteiger partial charge >= 0.3 is 0 Å². The Morgan fingerprint density at radius 1 is 0.153 bits per heavy atom. The predicted molar refractivity (Wildman–Crippen MR) is 419 cm³/mol. The van der Waals surface area contributed by atoms with Gasteiger partial charge in [-0.1, -0.05) is 267 Å². The summed E-state index contributed by atoms with van der Waals surface area (Å²) in [6.07, 6.45) is 8.76. The normalized spacial score (nSPS) is 11.4. The molecule has 16 rings (SSSR count). The van der Waals surface area contributed by atoms with Crippen LogP contribution in [-0.2, 0) is 0 Å². The SMILES string of the molecule is C(=Cc1ccc(N(c2ccccc2)c2ccc(-c3ccc(-c4ccc(N(c5ccccc5)c5ccc(C=Cc6ccc(N(c7ccccc7)c7ccccc7)cc6)cc5)cc4)c4c3ccc3c5ccccc5ccc34)cc2)cc1)c1ccc(N(c2ccccc2)c2ccccc2)cc1. The first kappa shape index (κ1) is 60.0. The smallest absolute Gasteiger partial charge is 0.0462 e. The van der Waals surface area contributed by atoms with Gasteiger partial charge in [0.15, 0.2) is 0 Å². The molecule has 0 aromatic heterocycles. The Bertz CT molecular complexity index is 5340. The van der Waals surface area contributed by atoms with Crippen molar-refractivity contribution in [2.24, 2.45) is 0 Å². The van der Waals surface area contributed by atoms with Gasteiger partial charge in [0, 0.05) is 68.2 Å². The van der Waals surface area contributed by atoms with Crippen LogP contribution in [0.4, 0.5) is 68.2 Å². The van der Waals surface area contributed by atoms with E-state index < -0.39 is 0 Å². The lowest BCUT2D eigenvalue weighted by Crippen LogP contribution is -2.09. The molecular weight excluding hydrogens is 1190 g/mol. The summed E-state index contributed by atoms with van der Waals surface area (Å²) in [4.78, 5) is 9.25. The number of anilines is 12. The van der Waals surface area contributed by atoms with Crippen LogP contribution in [0.3, 0.4) is 0 Å². The summed E-state index contributed by atoms with van der Waals surface area (Å²) in [6, 6.07) is 140. The maximum absolute atomic E-state index is 2.34. The van der Waals surface area contributed by atoms with Gasteiger partial charge in [0.2, 0.25) is 0 Å². The van der Waals surface area contributed by atoms with Crippen molar-refractivity contribution in [1.82, 2.24) is 0 Å². The predicted octanol–water partition coefficient (Wildman–Crippen LogP) is 26.7. The highest BCUT2D eigenvalue weighted by atomic mass is 15.2. The van der Waals surface area contributed by atoms with Crippen LogP contribution in [0.15, 0.2) is 388 Å². The van der Waals surface area contributed by atoms with E-state index in [2.05, 4.69) is 432 Å². The van der Waals surface area contributed by atoms with Gasteiger partial charge in [-0.3, -0.25) is 0 Å². The Hall–Kier alpha value is -13.0. The van der Waals surface area contributed by atoms with Crippen molar-refractivity contribution >= 4 is 125 Å². The molecule has 98 heavy (non-hydrogen) atoms. The van der Waals surface area contributed by atoms with Gasteiger partial charge in [0.25, 0.3) is 0 Å². The van der Waals surface area contributed by atoms with Crippen molar-refractivity contribution in [3.63, 3.8) is 0 Å². The molecule has 16 aromatic rings. The number of hydrogen-bond donors (Lipinski definition) is 0. The minimum absolute atomic E-state index is 1.07. The maximum Gasteiger partial charge on any atom is 0.0462 e. The summed E-state index contributed by atoms with van der Waals surface area (Å²) in [6.45, 7) is 0. The number of rotatable bonds is 18. The molecule has 0 aliphatic carbocycles. The van der Waals surface area contributed by atoms with Crippen molar-refractivity contribution < 1.29 is 0 Å². The highest BCUT2D eigenvalue weighted by Gasteiger charge is 2.20. The second-order valence-corrected chi connectivity index (χ2v) is 24.5. The number of para-hydroxylation sites is 6. The van der Waals surface area contributed by atoms with E-state index in [-0.39, 0.29) is 0 Å². The fourth-order valence-electron chi connectivity index (χ4n) is 13.6. The van der Waals surface area contributed by atoms with Crippen molar-refractivity contribution in [2.45, 2.75) is 0 Å². The third kappa shape index (κ3) is 12.5. The molecule has 0 unspecified atom stereocenters. The molecule has 0 atom stereocenters. The van der Waals surface area contributed by atoms with Gasteiger partial charge in [0.1, 0.15) is 0 Å². The summed E-state index contributed by atoms with van der Waals surface area (Å²) < 4.78 is 0. The first-order valence-corrected chi connectivity index (χ1v) is 33.5. The molecule has 464 valence electrons. The summed E-state index contributed by atoms with van der Waals surface area (Å²) in [5.74, 6) is 0. The second-order valence-electron chi connectivity index (χ2n) is 24.5. The van der Waals surface area contributed by atoms with E-state index >= 15 is 0 Å². The zero-order valence-corrected chi connectivity index (χ0v) is 54.0. The van der Waals surface area contributed by atoms with Gasteiger partial charge < -0.3 is 19.6 Å². The third-order valence-electron chi connectivity index (χ3n) is 18.4. The molecule has 0 saturated carbocycles. The highest BCUT2D eigenvalue weighted by molar-refractivity contribution is 6.23. The minimum atomic E-state index is 1.07. The van der Waals surface area contributed by atoms with Crippen LogP contribution in [0.25, 0.3) is 78.9 Å². The average molecular weight is 1250 g/mol. The number of hydrogen-bond acceptors (Lipinski definition) is 4. The lowest BCUT2D eigenvalue weighted by atomic mass is 9.88. The van der Waals surface area contributed by atoms with Crippen molar-refractivity contribution in [3.8, 4) is 22.3 Å². The molecule has 0 radical (unpaired) electrons. The molecule has 0 heterocycles. The van der Waals surface area contributed by atoms with E-state index in [0.717, 1.165) is 102 Å². The fourth-order valence-corrected chi connectivity index (χ4v) is 13.6. The quantitative estimate of drug-likeness (QED) is 0.0627. The van der Waals surface area contributed by atoms with E-state index in [4.69, 9.17) is 0 Å². The Morgan fingerprint density at radius 3 is 0.724 bits per heavy atom. The summed E-state index contributed by atoms with van der Waals surface area (Å²) in [7, 11) is 0. The average Bonchev–Trinajstić information content (AvgIpc) is 0.737. The number of fused-ring (bicyclic) bond motifs is 5. The maximum atomic E-state index is 2.34. The summed E-state index contributed by atoms with van der Waals surface area (Å²) in [5.41, 5.74) is 22.4. The molecule has 0 amide bonds. The Kier molecular flexibility index (Phi) is 16.8. The van der Waals surface area contributed by atoms with Crippen LogP contribution in [0.2, 0.25) is 0 Å². The fraction of sp³-hybridized carbons (Fsp3) is 0. The zero-order chi connectivity index (χ0) is 65.4. The van der Waals surface area contributed by atoms with E-state index in [9.17, 15) is 0 Å². The van der Waals surface area contributed by atoms with Gasteiger partial charge in [0.05, 0.1) is 0 Å². The molecule has 4 heteroatoms. The lowest BCUT2D eigenvalue weighted by molar-refractivity contribution is 1.28. The largest absolute Gasteiger partial charge is 0.311 e. The summed E-state index contributed by atoms with van der Waals surface area (Å²) in [5, 5.41) is 7.39. The van der Waals surface area contributed by atoms with Crippen molar-refractivity contribution in [2.75, 3.05) is 19.6 Å². The molecular formula is C94H68N4. The first-order valence-electron chi connectivity index (χ1n) is 33.5.